The zero-order valence-electron chi connectivity index (χ0n) is 17.6. The van der Waals surface area contributed by atoms with E-state index in [1.165, 1.54) is 11.1 Å². The van der Waals surface area contributed by atoms with Crippen LogP contribution in [0.3, 0.4) is 0 Å². The van der Waals surface area contributed by atoms with Crippen molar-refractivity contribution in [2.45, 2.75) is 26.3 Å². The minimum absolute atomic E-state index is 0.0952. The van der Waals surface area contributed by atoms with Gasteiger partial charge in [-0.1, -0.05) is 59.6 Å². The lowest BCUT2D eigenvalue weighted by Gasteiger charge is -2.36. The first-order valence-corrected chi connectivity index (χ1v) is 10.9. The first kappa shape index (κ1) is 19.7. The molecule has 1 aliphatic heterocycles. The van der Waals surface area contributed by atoms with Gasteiger partial charge in [0.05, 0.1) is 6.04 Å². The number of aryl methyl sites for hydroxylation is 2. The summed E-state index contributed by atoms with van der Waals surface area (Å²) in [5.74, 6) is 0. The fourth-order valence-electron chi connectivity index (χ4n) is 4.47. The van der Waals surface area contributed by atoms with E-state index in [2.05, 4.69) is 41.5 Å². The zero-order chi connectivity index (χ0) is 21.5. The van der Waals surface area contributed by atoms with Crippen molar-refractivity contribution in [3.63, 3.8) is 0 Å². The van der Waals surface area contributed by atoms with Gasteiger partial charge in [0, 0.05) is 33.9 Å². The van der Waals surface area contributed by atoms with Crippen LogP contribution in [0.5, 0.6) is 0 Å². The molecule has 1 aromatic heterocycles. The van der Waals surface area contributed by atoms with E-state index in [-0.39, 0.29) is 12.1 Å². The van der Waals surface area contributed by atoms with Crippen LogP contribution in [0.1, 0.15) is 34.0 Å². The molecule has 2 N–H and O–H groups in total. The van der Waals surface area contributed by atoms with Gasteiger partial charge in [0.2, 0.25) is 0 Å². The minimum Gasteiger partial charge on any atom is -0.356 e. The average molecular weight is 430 g/mol. The molecule has 0 spiro atoms. The van der Waals surface area contributed by atoms with Gasteiger partial charge < -0.3 is 15.2 Å². The number of hydrogen-bond acceptors (Lipinski definition) is 1. The van der Waals surface area contributed by atoms with Gasteiger partial charge in [-0.2, -0.15) is 0 Å². The molecule has 0 radical (unpaired) electrons. The minimum atomic E-state index is -0.195. The van der Waals surface area contributed by atoms with E-state index in [0.717, 1.165) is 44.9 Å². The maximum atomic E-state index is 13.4. The molecule has 3 aromatic carbocycles. The number of benzene rings is 3. The number of carbonyl (C=O) groups excluding carboxylic acids is 1. The number of carbonyl (C=O) groups is 1. The van der Waals surface area contributed by atoms with Gasteiger partial charge in [-0.05, 0) is 61.2 Å². The van der Waals surface area contributed by atoms with Crippen molar-refractivity contribution >= 4 is 34.2 Å². The predicted octanol–water partition coefficient (Wildman–Crippen LogP) is 6.62. The number of urea groups is 1. The quantitative estimate of drug-likeness (QED) is 0.369. The smallest absolute Gasteiger partial charge is 0.322 e. The zero-order valence-corrected chi connectivity index (χ0v) is 18.3. The molecule has 2 amide bonds. The van der Waals surface area contributed by atoms with Crippen LogP contribution in [-0.2, 0) is 6.42 Å². The van der Waals surface area contributed by atoms with Crippen LogP contribution in [0.15, 0.2) is 66.7 Å². The van der Waals surface area contributed by atoms with Gasteiger partial charge in [0.15, 0.2) is 0 Å². The number of rotatable bonds is 2. The summed E-state index contributed by atoms with van der Waals surface area (Å²) in [4.78, 5) is 18.9. The van der Waals surface area contributed by atoms with Crippen molar-refractivity contribution in [2.24, 2.45) is 0 Å². The number of aromatic nitrogens is 1. The number of para-hydroxylation sites is 1. The molecule has 4 aromatic rings. The Balaban J connectivity index is 1.60. The monoisotopic (exact) mass is 429 g/mol. The Labute approximate surface area is 186 Å². The molecule has 0 aliphatic carbocycles. The number of amides is 2. The van der Waals surface area contributed by atoms with Crippen LogP contribution in [0.25, 0.3) is 10.9 Å². The Hall–Kier alpha value is -3.24. The van der Waals surface area contributed by atoms with Gasteiger partial charge in [-0.3, -0.25) is 0 Å². The van der Waals surface area contributed by atoms with E-state index < -0.39 is 0 Å². The Kier molecular flexibility index (Phi) is 4.95. The third-order valence-electron chi connectivity index (χ3n) is 6.13. The molecule has 2 heterocycles. The maximum Gasteiger partial charge on any atom is 0.322 e. The van der Waals surface area contributed by atoms with Crippen molar-refractivity contribution in [2.75, 3.05) is 11.9 Å². The standard InChI is InChI=1S/C26H24ClN3O/c1-16-7-9-18(10-8-16)25-24-20(21-15-19(27)11-12-23(21)28-24)13-14-30(25)26(31)29-22-6-4-3-5-17(22)2/h3-12,15,25,28H,13-14H2,1-2H3,(H,29,31)/t25-/m1/s1. The highest BCUT2D eigenvalue weighted by molar-refractivity contribution is 6.31. The normalized spacial score (nSPS) is 15.7. The highest BCUT2D eigenvalue weighted by Gasteiger charge is 2.34. The molecule has 0 bridgehead atoms. The van der Waals surface area contributed by atoms with Crippen LogP contribution in [0.4, 0.5) is 10.5 Å². The summed E-state index contributed by atoms with van der Waals surface area (Å²) >= 11 is 6.28. The van der Waals surface area contributed by atoms with Gasteiger partial charge in [-0.25, -0.2) is 4.79 Å². The lowest BCUT2D eigenvalue weighted by Crippen LogP contribution is -2.43. The molecular formula is C26H24ClN3O. The predicted molar refractivity (Wildman–Crippen MR) is 127 cm³/mol. The molecule has 31 heavy (non-hydrogen) atoms. The summed E-state index contributed by atoms with van der Waals surface area (Å²) in [6.07, 6.45) is 0.777. The van der Waals surface area contributed by atoms with Crippen LogP contribution < -0.4 is 5.32 Å². The van der Waals surface area contributed by atoms with Crippen molar-refractivity contribution < 1.29 is 4.79 Å². The first-order chi connectivity index (χ1) is 15.0. The Morgan fingerprint density at radius 3 is 2.61 bits per heavy atom. The lowest BCUT2D eigenvalue weighted by atomic mass is 9.92. The largest absolute Gasteiger partial charge is 0.356 e. The number of anilines is 1. The number of nitrogens with one attached hydrogen (secondary N) is 2. The van der Waals surface area contributed by atoms with Gasteiger partial charge in [0.1, 0.15) is 0 Å². The summed E-state index contributed by atoms with van der Waals surface area (Å²) in [6.45, 7) is 4.70. The fraction of sp³-hybridized carbons (Fsp3) is 0.192. The summed E-state index contributed by atoms with van der Waals surface area (Å²) in [7, 11) is 0. The summed E-state index contributed by atoms with van der Waals surface area (Å²) in [5.41, 5.74) is 7.51. The molecule has 1 aliphatic rings. The van der Waals surface area contributed by atoms with E-state index in [9.17, 15) is 4.79 Å². The lowest BCUT2D eigenvalue weighted by molar-refractivity contribution is 0.193. The maximum absolute atomic E-state index is 13.4. The summed E-state index contributed by atoms with van der Waals surface area (Å²) in [6, 6.07) is 21.9. The molecule has 4 nitrogen and oxygen atoms in total. The number of fused-ring (bicyclic) bond motifs is 3. The van der Waals surface area contributed by atoms with Crippen LogP contribution in [-0.4, -0.2) is 22.5 Å². The van der Waals surface area contributed by atoms with Gasteiger partial charge >= 0.3 is 6.03 Å². The highest BCUT2D eigenvalue weighted by atomic mass is 35.5. The van der Waals surface area contributed by atoms with Gasteiger partial charge in [-0.15, -0.1) is 0 Å². The van der Waals surface area contributed by atoms with E-state index in [1.54, 1.807) is 0 Å². The van der Waals surface area contributed by atoms with Crippen LogP contribution in [0.2, 0.25) is 5.02 Å². The van der Waals surface area contributed by atoms with E-state index in [0.29, 0.717) is 6.54 Å². The van der Waals surface area contributed by atoms with Crippen LogP contribution in [0, 0.1) is 13.8 Å². The van der Waals surface area contributed by atoms with Gasteiger partial charge in [0.25, 0.3) is 0 Å². The molecule has 0 unspecified atom stereocenters. The summed E-state index contributed by atoms with van der Waals surface area (Å²) in [5, 5.41) is 4.98. The number of aromatic amines is 1. The number of H-pyrrole nitrogens is 1. The topological polar surface area (TPSA) is 48.1 Å². The molecule has 0 saturated heterocycles. The molecule has 5 heteroatoms. The van der Waals surface area contributed by atoms with E-state index in [1.807, 2.05) is 54.3 Å². The van der Waals surface area contributed by atoms with E-state index in [4.69, 9.17) is 11.6 Å². The molecular weight excluding hydrogens is 406 g/mol. The Bertz CT molecular complexity index is 1280. The van der Waals surface area contributed by atoms with Crippen molar-refractivity contribution in [1.82, 2.24) is 9.88 Å². The molecule has 0 saturated carbocycles. The third kappa shape index (κ3) is 3.57. The van der Waals surface area contributed by atoms with Crippen molar-refractivity contribution in [1.29, 1.82) is 0 Å². The van der Waals surface area contributed by atoms with Crippen LogP contribution >= 0.6 is 11.6 Å². The highest BCUT2D eigenvalue weighted by Crippen LogP contribution is 2.39. The number of halogens is 1. The second-order valence-electron chi connectivity index (χ2n) is 8.21. The van der Waals surface area contributed by atoms with Crippen molar-refractivity contribution in [3.8, 4) is 0 Å². The second kappa shape index (κ2) is 7.78. The Morgan fingerprint density at radius 2 is 1.84 bits per heavy atom. The van der Waals surface area contributed by atoms with Crippen molar-refractivity contribution in [3.05, 3.63) is 99.7 Å². The number of hydrogen-bond donors (Lipinski definition) is 2. The number of nitrogens with zero attached hydrogens (tertiary/aromatic N) is 1. The first-order valence-electron chi connectivity index (χ1n) is 10.5. The Morgan fingerprint density at radius 1 is 1.06 bits per heavy atom. The second-order valence-corrected chi connectivity index (χ2v) is 8.65. The molecule has 5 rings (SSSR count). The summed E-state index contributed by atoms with van der Waals surface area (Å²) < 4.78 is 0. The molecule has 0 fully saturated rings. The SMILES string of the molecule is Cc1ccc([C@@H]2c3[nH]c4ccc(Cl)cc4c3CCN2C(=O)Nc2ccccc2C)cc1. The average Bonchev–Trinajstić information content (AvgIpc) is 3.13. The fourth-order valence-corrected chi connectivity index (χ4v) is 4.65. The molecule has 1 atom stereocenters. The molecule has 156 valence electrons. The third-order valence-corrected chi connectivity index (χ3v) is 6.36. The van der Waals surface area contributed by atoms with E-state index >= 15 is 0 Å².